The quantitative estimate of drug-likeness (QED) is 0.306. The maximum Gasteiger partial charge on any atom is 0.0709 e. The fourth-order valence-electron chi connectivity index (χ4n) is 5.26. The summed E-state index contributed by atoms with van der Waals surface area (Å²) in [6.45, 7) is 6.81. The third kappa shape index (κ3) is 3.84. The van der Waals surface area contributed by atoms with Gasteiger partial charge in [0.1, 0.15) is 0 Å². The van der Waals surface area contributed by atoms with Gasteiger partial charge in [-0.1, -0.05) is 74.2 Å². The topological polar surface area (TPSA) is 19.0 Å². The van der Waals surface area contributed by atoms with Gasteiger partial charge < -0.3 is 9.88 Å². The molecule has 0 bridgehead atoms. The van der Waals surface area contributed by atoms with E-state index in [1.165, 1.54) is 101 Å². The van der Waals surface area contributed by atoms with E-state index in [4.69, 9.17) is 0 Å². The normalized spacial score (nSPS) is 14.2. The molecule has 2 heterocycles. The van der Waals surface area contributed by atoms with E-state index in [1.807, 2.05) is 0 Å². The molecule has 1 fully saturated rings. The van der Waals surface area contributed by atoms with Crippen LogP contribution in [0.2, 0.25) is 0 Å². The second-order valence-electron chi connectivity index (χ2n) is 9.22. The third-order valence-electron chi connectivity index (χ3n) is 6.93. The molecule has 1 aromatic heterocycles. The Morgan fingerprint density at radius 3 is 2.45 bits per heavy atom. The van der Waals surface area contributed by atoms with Crippen molar-refractivity contribution in [2.24, 2.45) is 0 Å². The van der Waals surface area contributed by atoms with Crippen molar-refractivity contribution in [1.82, 2.24) is 4.98 Å². The van der Waals surface area contributed by atoms with Crippen molar-refractivity contribution < 1.29 is 0 Å². The lowest BCUT2D eigenvalue weighted by molar-refractivity contribution is 0.667. The predicted molar refractivity (Wildman–Crippen MR) is 135 cm³/mol. The fourth-order valence-corrected chi connectivity index (χ4v) is 5.26. The maximum absolute atomic E-state index is 3.81. The number of hydrogen-bond acceptors (Lipinski definition) is 1. The average molecular weight is 411 g/mol. The number of aryl methyl sites for hydroxylation is 2. The van der Waals surface area contributed by atoms with Gasteiger partial charge in [0.2, 0.25) is 0 Å². The molecule has 2 nitrogen and oxygen atoms in total. The summed E-state index contributed by atoms with van der Waals surface area (Å²) >= 11 is 0. The van der Waals surface area contributed by atoms with Crippen molar-refractivity contribution >= 4 is 27.5 Å². The Hall–Kier alpha value is -2.74. The Bertz CT molecular complexity index is 1180. The van der Waals surface area contributed by atoms with E-state index in [9.17, 15) is 0 Å². The third-order valence-corrected chi connectivity index (χ3v) is 6.93. The first kappa shape index (κ1) is 20.2. The van der Waals surface area contributed by atoms with Crippen molar-refractivity contribution in [1.29, 1.82) is 0 Å². The van der Waals surface area contributed by atoms with Crippen LogP contribution in [0.25, 0.3) is 32.9 Å². The Kier molecular flexibility index (Phi) is 5.72. The number of aromatic amines is 1. The molecule has 3 aromatic carbocycles. The van der Waals surface area contributed by atoms with Crippen molar-refractivity contribution in [3.05, 3.63) is 65.7 Å². The highest BCUT2D eigenvalue weighted by Gasteiger charge is 2.22. The molecule has 31 heavy (non-hydrogen) atoms. The monoisotopic (exact) mass is 410 g/mol. The van der Waals surface area contributed by atoms with Gasteiger partial charge in [-0.2, -0.15) is 0 Å². The molecule has 5 rings (SSSR count). The summed E-state index contributed by atoms with van der Waals surface area (Å²) in [5, 5.41) is 2.76. The zero-order valence-electron chi connectivity index (χ0n) is 19.0. The molecule has 4 aromatic rings. The van der Waals surface area contributed by atoms with Gasteiger partial charge in [0.05, 0.1) is 11.2 Å². The molecule has 0 saturated carbocycles. The van der Waals surface area contributed by atoms with Gasteiger partial charge in [0.15, 0.2) is 0 Å². The summed E-state index contributed by atoms with van der Waals surface area (Å²) in [5.74, 6) is 0. The highest BCUT2D eigenvalue weighted by atomic mass is 15.1. The number of unbranched alkanes of at least 4 members (excludes halogenated alkanes) is 3. The first-order valence-electron chi connectivity index (χ1n) is 12.1. The number of para-hydroxylation sites is 1. The molecule has 0 atom stereocenters. The summed E-state index contributed by atoms with van der Waals surface area (Å²) in [7, 11) is 0. The van der Waals surface area contributed by atoms with Crippen molar-refractivity contribution in [2.75, 3.05) is 18.0 Å². The van der Waals surface area contributed by atoms with E-state index in [-0.39, 0.29) is 0 Å². The largest absolute Gasteiger partial charge is 0.370 e. The number of hydrogen-bond donors (Lipinski definition) is 1. The van der Waals surface area contributed by atoms with Crippen LogP contribution in [0.1, 0.15) is 56.6 Å². The summed E-state index contributed by atoms with van der Waals surface area (Å²) < 4.78 is 0. The molecular weight excluding hydrogens is 376 g/mol. The Morgan fingerprint density at radius 2 is 1.68 bits per heavy atom. The second-order valence-corrected chi connectivity index (χ2v) is 9.22. The lowest BCUT2D eigenvalue weighted by Crippen LogP contribution is -2.18. The number of nitrogens with one attached hydrogen (secondary N) is 1. The first-order valence-corrected chi connectivity index (χ1v) is 12.1. The molecule has 0 spiro atoms. The summed E-state index contributed by atoms with van der Waals surface area (Å²) in [4.78, 5) is 6.41. The standard InChI is InChI=1S/C29H34N2/c1-3-4-5-6-11-23-20-26(31-18-9-10-19-31)29-28(24-12-7-8-13-25(24)30-29)27(23)22-16-14-21(2)15-17-22/h7-8,12-17,20,30H,3-6,9-11,18-19H2,1-2H3. The highest BCUT2D eigenvalue weighted by Crippen LogP contribution is 2.43. The predicted octanol–water partition coefficient (Wildman–Crippen LogP) is 8.02. The summed E-state index contributed by atoms with van der Waals surface area (Å²) in [6, 6.07) is 20.5. The van der Waals surface area contributed by atoms with Gasteiger partial charge >= 0.3 is 0 Å². The van der Waals surface area contributed by atoms with Crippen LogP contribution in [0.5, 0.6) is 0 Å². The lowest BCUT2D eigenvalue weighted by atomic mass is 9.90. The molecule has 0 radical (unpaired) electrons. The van der Waals surface area contributed by atoms with E-state index in [1.54, 1.807) is 0 Å². The average Bonchev–Trinajstić information content (AvgIpc) is 3.45. The van der Waals surface area contributed by atoms with E-state index in [0.717, 1.165) is 6.42 Å². The number of rotatable bonds is 7. The molecule has 0 aliphatic carbocycles. The van der Waals surface area contributed by atoms with Crippen LogP contribution in [-0.2, 0) is 6.42 Å². The number of H-pyrrole nitrogens is 1. The number of nitrogens with zero attached hydrogens (tertiary/aromatic N) is 1. The zero-order chi connectivity index (χ0) is 21.2. The van der Waals surface area contributed by atoms with Crippen molar-refractivity contribution in [2.45, 2.75) is 58.8 Å². The van der Waals surface area contributed by atoms with Crippen LogP contribution in [0.3, 0.4) is 0 Å². The molecule has 1 aliphatic heterocycles. The Balaban J connectivity index is 1.77. The smallest absolute Gasteiger partial charge is 0.0709 e. The number of benzene rings is 3. The van der Waals surface area contributed by atoms with E-state index in [0.29, 0.717) is 0 Å². The van der Waals surface area contributed by atoms with Gasteiger partial charge in [0.25, 0.3) is 0 Å². The molecule has 1 N–H and O–H groups in total. The molecule has 1 aliphatic rings. The SMILES string of the molecule is CCCCCCc1cc(N2CCCC2)c2[nH]c3ccccc3c2c1-c1ccc(C)cc1. The molecule has 0 amide bonds. The Labute approximate surface area is 186 Å². The van der Waals surface area contributed by atoms with Crippen LogP contribution in [0.4, 0.5) is 5.69 Å². The van der Waals surface area contributed by atoms with Crippen LogP contribution in [0, 0.1) is 6.92 Å². The molecule has 1 saturated heterocycles. The number of fused-ring (bicyclic) bond motifs is 3. The van der Waals surface area contributed by atoms with Crippen LogP contribution >= 0.6 is 0 Å². The minimum atomic E-state index is 1.15. The summed E-state index contributed by atoms with van der Waals surface area (Å²) in [6.07, 6.45) is 8.94. The van der Waals surface area contributed by atoms with E-state index >= 15 is 0 Å². The van der Waals surface area contributed by atoms with Gasteiger partial charge in [0, 0.05) is 29.4 Å². The van der Waals surface area contributed by atoms with Crippen LogP contribution in [-0.4, -0.2) is 18.1 Å². The zero-order valence-corrected chi connectivity index (χ0v) is 19.0. The molecule has 160 valence electrons. The van der Waals surface area contributed by atoms with E-state index < -0.39 is 0 Å². The first-order chi connectivity index (χ1) is 15.3. The van der Waals surface area contributed by atoms with Gasteiger partial charge in [-0.3, -0.25) is 0 Å². The van der Waals surface area contributed by atoms with Crippen LogP contribution < -0.4 is 4.90 Å². The van der Waals surface area contributed by atoms with Crippen molar-refractivity contribution in [3.8, 4) is 11.1 Å². The van der Waals surface area contributed by atoms with E-state index in [2.05, 4.69) is 78.3 Å². The molecule has 2 heteroatoms. The number of anilines is 1. The molecule has 0 unspecified atom stereocenters. The fraction of sp³-hybridized carbons (Fsp3) is 0.379. The summed E-state index contributed by atoms with van der Waals surface area (Å²) in [5.41, 5.74) is 9.58. The Morgan fingerprint density at radius 1 is 0.903 bits per heavy atom. The number of aromatic nitrogens is 1. The van der Waals surface area contributed by atoms with Gasteiger partial charge in [-0.15, -0.1) is 0 Å². The molecular formula is C29H34N2. The minimum absolute atomic E-state index is 1.15. The minimum Gasteiger partial charge on any atom is -0.370 e. The van der Waals surface area contributed by atoms with Crippen molar-refractivity contribution in [3.63, 3.8) is 0 Å². The van der Waals surface area contributed by atoms with Gasteiger partial charge in [-0.05, 0) is 61.4 Å². The maximum atomic E-state index is 3.81. The lowest BCUT2D eigenvalue weighted by Gasteiger charge is -2.22. The highest BCUT2D eigenvalue weighted by molar-refractivity contribution is 6.18. The second kappa shape index (κ2) is 8.78. The van der Waals surface area contributed by atoms with Crippen LogP contribution in [0.15, 0.2) is 54.6 Å². The van der Waals surface area contributed by atoms with Gasteiger partial charge in [-0.25, -0.2) is 0 Å².